The Hall–Kier alpha value is -3.82. The molecule has 0 bridgehead atoms. The molecule has 10 heteroatoms. The summed E-state index contributed by atoms with van der Waals surface area (Å²) in [4.78, 5) is 23.9. The fraction of sp³-hybridized carbons (Fsp3) is 0.367. The Morgan fingerprint density at radius 2 is 1.95 bits per heavy atom. The molecule has 1 saturated heterocycles. The number of fused-ring (bicyclic) bond motifs is 2. The molecule has 9 nitrogen and oxygen atoms in total. The lowest BCUT2D eigenvalue weighted by atomic mass is 9.88. The molecule has 40 heavy (non-hydrogen) atoms. The van der Waals surface area contributed by atoms with Crippen LogP contribution in [-0.4, -0.2) is 52.7 Å². The standard InChI is InChI=1S/C30H31ClN4O5/c1-30(25-9-8-20(31)16-32-25)39-23-7-5-6-21(28(23)40-30)18-10-12-35(13-11-18)17-26-33-27-22(34(26)2)14-19(29(36)38-4)15-24(27)37-3/h5-9,14-16,18H,10-13,17H2,1-4H3/t30-/m0/s1. The average Bonchev–Trinajstić information content (AvgIpc) is 3.49. The van der Waals surface area contributed by atoms with Crippen LogP contribution in [0.3, 0.4) is 0 Å². The van der Waals surface area contributed by atoms with Gasteiger partial charge in [0.15, 0.2) is 11.5 Å². The first-order valence-electron chi connectivity index (χ1n) is 13.3. The van der Waals surface area contributed by atoms with E-state index in [9.17, 15) is 4.79 Å². The molecule has 0 aliphatic carbocycles. The first kappa shape index (κ1) is 26.4. The smallest absolute Gasteiger partial charge is 0.338 e. The monoisotopic (exact) mass is 562 g/mol. The molecule has 0 spiro atoms. The van der Waals surface area contributed by atoms with E-state index >= 15 is 0 Å². The summed E-state index contributed by atoms with van der Waals surface area (Å²) < 4.78 is 25.2. The van der Waals surface area contributed by atoms with E-state index in [1.54, 1.807) is 31.5 Å². The second-order valence-corrected chi connectivity index (χ2v) is 10.8. The van der Waals surface area contributed by atoms with Crippen molar-refractivity contribution in [3.05, 3.63) is 76.3 Å². The second-order valence-electron chi connectivity index (χ2n) is 10.4. The van der Waals surface area contributed by atoms with Gasteiger partial charge in [0.2, 0.25) is 0 Å². The minimum absolute atomic E-state index is 0.346. The number of para-hydroxylation sites is 1. The SMILES string of the molecule is COC(=O)c1cc(OC)c2nc(CN3CCC(c4cccc5c4O[C@@](C)(c4ccc(Cl)cn4)O5)CC3)n(C)c2c1. The van der Waals surface area contributed by atoms with Gasteiger partial charge in [-0.3, -0.25) is 9.88 Å². The summed E-state index contributed by atoms with van der Waals surface area (Å²) in [6, 6.07) is 13.2. The Kier molecular flexibility index (Phi) is 6.80. The van der Waals surface area contributed by atoms with Gasteiger partial charge in [0.05, 0.1) is 36.9 Å². The van der Waals surface area contributed by atoms with Crippen LogP contribution in [0.15, 0.2) is 48.7 Å². The highest BCUT2D eigenvalue weighted by molar-refractivity contribution is 6.30. The van der Waals surface area contributed by atoms with Crippen molar-refractivity contribution in [2.45, 2.75) is 38.0 Å². The van der Waals surface area contributed by atoms with E-state index in [0.717, 1.165) is 59.9 Å². The van der Waals surface area contributed by atoms with Crippen molar-refractivity contribution in [1.29, 1.82) is 0 Å². The number of ether oxygens (including phenoxy) is 4. The summed E-state index contributed by atoms with van der Waals surface area (Å²) in [7, 11) is 4.92. The predicted molar refractivity (Wildman–Crippen MR) is 150 cm³/mol. The predicted octanol–water partition coefficient (Wildman–Crippen LogP) is 5.44. The van der Waals surface area contributed by atoms with E-state index in [-0.39, 0.29) is 0 Å². The third-order valence-corrected chi connectivity index (χ3v) is 8.10. The molecule has 0 unspecified atom stereocenters. The highest BCUT2D eigenvalue weighted by Crippen LogP contribution is 2.49. The largest absolute Gasteiger partial charge is 0.494 e. The lowest BCUT2D eigenvalue weighted by Gasteiger charge is -2.32. The molecule has 2 aromatic heterocycles. The first-order chi connectivity index (χ1) is 19.3. The van der Waals surface area contributed by atoms with Crippen molar-refractivity contribution in [3.8, 4) is 17.2 Å². The van der Waals surface area contributed by atoms with Gasteiger partial charge < -0.3 is 23.5 Å². The number of methoxy groups -OCH3 is 2. The molecular weight excluding hydrogens is 532 g/mol. The number of carbonyl (C=O) groups excluding carboxylic acids is 1. The lowest BCUT2D eigenvalue weighted by molar-refractivity contribution is -0.0722. The van der Waals surface area contributed by atoms with Gasteiger partial charge in [-0.1, -0.05) is 23.7 Å². The normalized spacial score (nSPS) is 19.2. The highest BCUT2D eigenvalue weighted by atomic mass is 35.5. The number of halogens is 1. The van der Waals surface area contributed by atoms with Gasteiger partial charge in [-0.2, -0.15) is 0 Å². The number of carbonyl (C=O) groups is 1. The molecule has 2 aliphatic heterocycles. The number of benzene rings is 2. The highest BCUT2D eigenvalue weighted by Gasteiger charge is 2.42. The van der Waals surface area contributed by atoms with E-state index in [0.29, 0.717) is 34.5 Å². The number of likely N-dealkylation sites (tertiary alicyclic amines) is 1. The van der Waals surface area contributed by atoms with Crippen molar-refractivity contribution < 1.29 is 23.7 Å². The van der Waals surface area contributed by atoms with Crippen LogP contribution in [0.25, 0.3) is 11.0 Å². The van der Waals surface area contributed by atoms with Gasteiger partial charge in [-0.25, -0.2) is 9.78 Å². The zero-order valence-corrected chi connectivity index (χ0v) is 23.7. The van der Waals surface area contributed by atoms with Crippen molar-refractivity contribution >= 4 is 28.6 Å². The molecule has 0 saturated carbocycles. The lowest BCUT2D eigenvalue weighted by Crippen LogP contribution is -2.34. The molecule has 0 N–H and O–H groups in total. The van der Waals surface area contributed by atoms with Gasteiger partial charge >= 0.3 is 5.97 Å². The fourth-order valence-electron chi connectivity index (χ4n) is 5.66. The molecule has 0 radical (unpaired) electrons. The van der Waals surface area contributed by atoms with E-state index in [2.05, 4.69) is 16.0 Å². The molecule has 1 atom stereocenters. The third-order valence-electron chi connectivity index (χ3n) is 7.88. The Balaban J connectivity index is 1.17. The molecular formula is C30H31ClN4O5. The molecule has 208 valence electrons. The van der Waals surface area contributed by atoms with Crippen LogP contribution in [0, 0.1) is 0 Å². The first-order valence-corrected chi connectivity index (χ1v) is 13.6. The van der Waals surface area contributed by atoms with E-state index < -0.39 is 11.8 Å². The van der Waals surface area contributed by atoms with Crippen molar-refractivity contribution in [3.63, 3.8) is 0 Å². The molecule has 4 aromatic rings. The maximum absolute atomic E-state index is 12.2. The Bertz CT molecular complexity index is 1580. The van der Waals surface area contributed by atoms with Crippen LogP contribution in [0.2, 0.25) is 5.02 Å². The maximum Gasteiger partial charge on any atom is 0.338 e. The van der Waals surface area contributed by atoms with Crippen LogP contribution in [0.1, 0.15) is 53.1 Å². The summed E-state index contributed by atoms with van der Waals surface area (Å²) in [5.41, 5.74) is 3.84. The van der Waals surface area contributed by atoms with Crippen molar-refractivity contribution in [2.75, 3.05) is 27.3 Å². The average molecular weight is 563 g/mol. The van der Waals surface area contributed by atoms with Gasteiger partial charge in [0, 0.05) is 25.7 Å². The van der Waals surface area contributed by atoms with Crippen LogP contribution in [0.5, 0.6) is 17.2 Å². The van der Waals surface area contributed by atoms with E-state index in [1.165, 1.54) is 7.11 Å². The number of hydrogen-bond donors (Lipinski definition) is 0. The Morgan fingerprint density at radius 1 is 1.15 bits per heavy atom. The number of pyridine rings is 1. The van der Waals surface area contributed by atoms with Crippen molar-refractivity contribution in [1.82, 2.24) is 19.4 Å². The minimum atomic E-state index is -1.00. The Morgan fingerprint density at radius 3 is 2.65 bits per heavy atom. The van der Waals surface area contributed by atoms with Gasteiger partial charge in [-0.05, 0) is 62.2 Å². The number of nitrogens with zero attached hydrogens (tertiary/aromatic N) is 4. The summed E-state index contributed by atoms with van der Waals surface area (Å²) in [6.45, 7) is 4.41. The number of aromatic nitrogens is 3. The molecule has 1 fully saturated rings. The molecule has 4 heterocycles. The number of rotatable bonds is 6. The summed E-state index contributed by atoms with van der Waals surface area (Å²) in [5.74, 6) is 1.94. The third kappa shape index (κ3) is 4.63. The van der Waals surface area contributed by atoms with Gasteiger partial charge in [0.1, 0.15) is 22.8 Å². The zero-order valence-electron chi connectivity index (χ0n) is 22.9. The topological polar surface area (TPSA) is 87.9 Å². The van der Waals surface area contributed by atoms with Gasteiger partial charge in [-0.15, -0.1) is 0 Å². The number of imidazole rings is 1. The van der Waals surface area contributed by atoms with Crippen molar-refractivity contribution in [2.24, 2.45) is 7.05 Å². The van der Waals surface area contributed by atoms with Gasteiger partial charge in [0.25, 0.3) is 5.79 Å². The van der Waals surface area contributed by atoms with Crippen LogP contribution >= 0.6 is 11.6 Å². The van der Waals surface area contributed by atoms with Crippen LogP contribution in [0.4, 0.5) is 0 Å². The summed E-state index contributed by atoms with van der Waals surface area (Å²) in [6.07, 6.45) is 3.57. The quantitative estimate of drug-likeness (QED) is 0.287. The fourth-order valence-corrected chi connectivity index (χ4v) is 5.77. The number of hydrogen-bond acceptors (Lipinski definition) is 8. The maximum atomic E-state index is 12.2. The molecule has 0 amide bonds. The number of piperidine rings is 1. The van der Waals surface area contributed by atoms with Crippen LogP contribution < -0.4 is 14.2 Å². The zero-order chi connectivity index (χ0) is 28.0. The molecule has 2 aliphatic rings. The minimum Gasteiger partial charge on any atom is -0.494 e. The van der Waals surface area contributed by atoms with E-state index in [1.807, 2.05) is 36.7 Å². The van der Waals surface area contributed by atoms with Crippen LogP contribution in [-0.2, 0) is 24.1 Å². The second kappa shape index (κ2) is 10.3. The number of esters is 1. The summed E-state index contributed by atoms with van der Waals surface area (Å²) >= 11 is 6.03. The van der Waals surface area contributed by atoms with E-state index in [4.69, 9.17) is 35.5 Å². The molecule has 2 aromatic carbocycles. The number of aryl methyl sites for hydroxylation is 1. The summed E-state index contributed by atoms with van der Waals surface area (Å²) in [5, 5.41) is 0.569. The molecule has 6 rings (SSSR count). The Labute approximate surface area is 237 Å².